The second-order valence-electron chi connectivity index (χ2n) is 8.65. The van der Waals surface area contributed by atoms with Gasteiger partial charge < -0.3 is 20.4 Å². The van der Waals surface area contributed by atoms with Gasteiger partial charge in [-0.1, -0.05) is 24.6 Å². The van der Waals surface area contributed by atoms with E-state index in [1.807, 2.05) is 35.2 Å². The van der Waals surface area contributed by atoms with Crippen LogP contribution in [0.2, 0.25) is 0 Å². The maximum Gasteiger partial charge on any atom is 0.401 e. The fraction of sp³-hybridized carbons (Fsp3) is 0.458. The number of ether oxygens (including phenoxy) is 1. The Balaban J connectivity index is 1.73. The van der Waals surface area contributed by atoms with Gasteiger partial charge in [0.2, 0.25) is 0 Å². The van der Waals surface area contributed by atoms with E-state index in [1.165, 1.54) is 12.0 Å². The molecule has 0 radical (unpaired) electrons. The molecule has 1 saturated carbocycles. The molecule has 1 aliphatic heterocycles. The van der Waals surface area contributed by atoms with E-state index in [-0.39, 0.29) is 24.7 Å². The first-order valence-corrected chi connectivity index (χ1v) is 11.3. The van der Waals surface area contributed by atoms with Crippen LogP contribution in [0.3, 0.4) is 0 Å². The molecule has 1 aromatic heterocycles. The Morgan fingerprint density at radius 3 is 2.41 bits per heavy atom. The topological polar surface area (TPSA) is 81.5 Å². The average molecular weight is 476 g/mol. The highest BCUT2D eigenvalue weighted by atomic mass is 19.4. The Labute approximate surface area is 196 Å². The molecule has 10 heteroatoms. The van der Waals surface area contributed by atoms with Gasteiger partial charge in [0.15, 0.2) is 5.69 Å². The number of aromatic nitrogens is 1. The quantitative estimate of drug-likeness (QED) is 0.455. The van der Waals surface area contributed by atoms with E-state index in [0.29, 0.717) is 35.9 Å². The molecule has 4 rings (SSSR count). The Morgan fingerprint density at radius 1 is 1.18 bits per heavy atom. The van der Waals surface area contributed by atoms with Crippen molar-refractivity contribution < 1.29 is 22.7 Å². The molecule has 2 heterocycles. The summed E-state index contributed by atoms with van der Waals surface area (Å²) >= 11 is 0. The third kappa shape index (κ3) is 5.49. The van der Waals surface area contributed by atoms with Gasteiger partial charge in [0.05, 0.1) is 24.9 Å². The standard InChI is InChI=1S/C24H28F3N5O2/c1-34-23(33)18-14-19(32-12-10-31(11-13-32)15-24(25,26)27)20(21(28)16-6-5-7-16)22(30-18)29-17-8-3-2-4-9-17/h2-4,8-9,14,16,28H,5-7,10-13,15H2,1H3,(H,29,30). The lowest BCUT2D eigenvalue weighted by Crippen LogP contribution is -2.49. The summed E-state index contributed by atoms with van der Waals surface area (Å²) in [6, 6.07) is 10.9. The fourth-order valence-corrected chi connectivity index (χ4v) is 4.31. The number of hydrogen-bond donors (Lipinski definition) is 2. The highest BCUT2D eigenvalue weighted by molar-refractivity contribution is 6.10. The summed E-state index contributed by atoms with van der Waals surface area (Å²) in [6.45, 7) is 0.198. The molecule has 7 nitrogen and oxygen atoms in total. The minimum atomic E-state index is -4.25. The number of rotatable bonds is 7. The smallest absolute Gasteiger partial charge is 0.401 e. The summed E-state index contributed by atoms with van der Waals surface area (Å²) in [4.78, 5) is 20.3. The van der Waals surface area contributed by atoms with Crippen LogP contribution in [0.5, 0.6) is 0 Å². The van der Waals surface area contributed by atoms with Crippen molar-refractivity contribution in [1.29, 1.82) is 5.41 Å². The molecule has 2 aliphatic rings. The van der Waals surface area contributed by atoms with Crippen LogP contribution in [0.25, 0.3) is 0 Å². The van der Waals surface area contributed by atoms with Crippen molar-refractivity contribution in [3.8, 4) is 0 Å². The summed E-state index contributed by atoms with van der Waals surface area (Å²) in [5, 5.41) is 12.2. The predicted molar refractivity (Wildman–Crippen MR) is 124 cm³/mol. The Morgan fingerprint density at radius 2 is 1.85 bits per heavy atom. The van der Waals surface area contributed by atoms with Gasteiger partial charge in [-0.25, -0.2) is 9.78 Å². The van der Waals surface area contributed by atoms with E-state index < -0.39 is 18.7 Å². The van der Waals surface area contributed by atoms with Gasteiger partial charge in [-0.15, -0.1) is 0 Å². The minimum Gasteiger partial charge on any atom is -0.464 e. The monoisotopic (exact) mass is 475 g/mol. The molecular weight excluding hydrogens is 447 g/mol. The van der Waals surface area contributed by atoms with Gasteiger partial charge in [-0.3, -0.25) is 4.90 Å². The second kappa shape index (κ2) is 10.0. The van der Waals surface area contributed by atoms with Crippen LogP contribution in [0.15, 0.2) is 36.4 Å². The van der Waals surface area contributed by atoms with Crippen molar-refractivity contribution in [3.05, 3.63) is 47.7 Å². The van der Waals surface area contributed by atoms with Crippen molar-refractivity contribution in [2.45, 2.75) is 25.4 Å². The van der Waals surface area contributed by atoms with E-state index in [0.717, 1.165) is 24.9 Å². The first-order chi connectivity index (χ1) is 16.2. The molecule has 0 amide bonds. The van der Waals surface area contributed by atoms with Crippen LogP contribution >= 0.6 is 0 Å². The van der Waals surface area contributed by atoms with Crippen LogP contribution in [-0.4, -0.2) is 67.6 Å². The van der Waals surface area contributed by atoms with Crippen LogP contribution in [-0.2, 0) is 4.74 Å². The molecule has 0 atom stereocenters. The fourth-order valence-electron chi connectivity index (χ4n) is 4.31. The molecule has 34 heavy (non-hydrogen) atoms. The lowest BCUT2D eigenvalue weighted by molar-refractivity contribution is -0.146. The van der Waals surface area contributed by atoms with Crippen molar-refractivity contribution in [3.63, 3.8) is 0 Å². The van der Waals surface area contributed by atoms with Crippen molar-refractivity contribution in [1.82, 2.24) is 9.88 Å². The number of methoxy groups -OCH3 is 1. The van der Waals surface area contributed by atoms with Crippen molar-refractivity contribution in [2.75, 3.05) is 50.1 Å². The first kappa shape index (κ1) is 24.0. The number of anilines is 3. The Kier molecular flexibility index (Phi) is 7.06. The zero-order chi connectivity index (χ0) is 24.3. The Hall–Kier alpha value is -3.14. The molecule has 1 aliphatic carbocycles. The van der Waals surface area contributed by atoms with Gasteiger partial charge in [-0.2, -0.15) is 13.2 Å². The number of halogens is 3. The zero-order valence-electron chi connectivity index (χ0n) is 19.0. The van der Waals surface area contributed by atoms with E-state index in [4.69, 9.17) is 10.1 Å². The first-order valence-electron chi connectivity index (χ1n) is 11.3. The van der Waals surface area contributed by atoms with E-state index in [9.17, 15) is 18.0 Å². The third-order valence-electron chi connectivity index (χ3n) is 6.33. The summed E-state index contributed by atoms with van der Waals surface area (Å²) < 4.78 is 43.5. The van der Waals surface area contributed by atoms with Crippen LogP contribution in [0, 0.1) is 11.3 Å². The van der Waals surface area contributed by atoms with Gasteiger partial charge in [0, 0.05) is 43.5 Å². The molecule has 0 bridgehead atoms. The van der Waals surface area contributed by atoms with E-state index >= 15 is 0 Å². The minimum absolute atomic E-state index is 0.0822. The predicted octanol–water partition coefficient (Wildman–Crippen LogP) is 4.46. The molecule has 0 unspecified atom stereocenters. The van der Waals surface area contributed by atoms with Gasteiger partial charge >= 0.3 is 12.1 Å². The number of para-hydroxylation sites is 1. The third-order valence-corrected chi connectivity index (χ3v) is 6.33. The largest absolute Gasteiger partial charge is 0.464 e. The van der Waals surface area contributed by atoms with Gasteiger partial charge in [0.1, 0.15) is 5.82 Å². The summed E-state index contributed by atoms with van der Waals surface area (Å²) in [5.41, 5.74) is 2.48. The summed E-state index contributed by atoms with van der Waals surface area (Å²) in [6.07, 6.45) is -1.39. The molecule has 1 saturated heterocycles. The van der Waals surface area contributed by atoms with Crippen LogP contribution < -0.4 is 10.2 Å². The number of alkyl halides is 3. The highest BCUT2D eigenvalue weighted by Gasteiger charge is 2.34. The molecule has 0 spiro atoms. The van der Waals surface area contributed by atoms with Crippen molar-refractivity contribution >= 4 is 28.9 Å². The number of nitrogens with one attached hydrogen (secondary N) is 2. The summed E-state index contributed by atoms with van der Waals surface area (Å²) in [7, 11) is 1.27. The number of carbonyl (C=O) groups is 1. The van der Waals surface area contributed by atoms with Crippen molar-refractivity contribution in [2.24, 2.45) is 5.92 Å². The molecule has 182 valence electrons. The van der Waals surface area contributed by atoms with Gasteiger partial charge in [0.25, 0.3) is 0 Å². The van der Waals surface area contributed by atoms with E-state index in [2.05, 4.69) is 10.3 Å². The molecule has 2 aromatic rings. The number of hydrogen-bond acceptors (Lipinski definition) is 7. The zero-order valence-corrected chi connectivity index (χ0v) is 19.0. The number of benzene rings is 1. The molecule has 2 N–H and O–H groups in total. The SMILES string of the molecule is COC(=O)c1cc(N2CCN(CC(F)(F)F)CC2)c(C(=N)C2CCC2)c(Nc2ccccc2)n1. The van der Waals surface area contributed by atoms with Crippen LogP contribution in [0.1, 0.15) is 35.3 Å². The molecular formula is C24H28F3N5O2. The number of carbonyl (C=O) groups excluding carboxylic acids is 1. The second-order valence-corrected chi connectivity index (χ2v) is 8.65. The molecule has 2 fully saturated rings. The highest BCUT2D eigenvalue weighted by Crippen LogP contribution is 2.38. The number of nitrogens with zero attached hydrogens (tertiary/aromatic N) is 3. The molecule has 1 aromatic carbocycles. The number of piperazine rings is 1. The average Bonchev–Trinajstić information content (AvgIpc) is 2.77. The maximum atomic E-state index is 12.9. The van der Waals surface area contributed by atoms with E-state index in [1.54, 1.807) is 6.07 Å². The maximum absolute atomic E-state index is 12.9. The lowest BCUT2D eigenvalue weighted by atomic mass is 9.79. The van der Waals surface area contributed by atoms with Crippen LogP contribution in [0.4, 0.5) is 30.4 Å². The number of pyridine rings is 1. The van der Waals surface area contributed by atoms with Gasteiger partial charge in [-0.05, 0) is 31.0 Å². The Bertz CT molecular complexity index is 1030. The normalized spacial score (nSPS) is 17.2. The summed E-state index contributed by atoms with van der Waals surface area (Å²) in [5.74, 6) is -0.152. The number of esters is 1. The lowest BCUT2D eigenvalue weighted by Gasteiger charge is -2.38.